The third-order valence-electron chi connectivity index (χ3n) is 5.89. The fourth-order valence-electron chi connectivity index (χ4n) is 4.41. The molecule has 2 fully saturated rings. The van der Waals surface area contributed by atoms with E-state index in [-0.39, 0.29) is 24.0 Å². The fourth-order valence-corrected chi connectivity index (χ4v) is 4.90. The van der Waals surface area contributed by atoms with E-state index in [1.807, 2.05) is 20.8 Å². The monoisotopic (exact) mass is 411 g/mol. The van der Waals surface area contributed by atoms with Gasteiger partial charge in [0, 0.05) is 6.42 Å². The van der Waals surface area contributed by atoms with Gasteiger partial charge < -0.3 is 9.29 Å². The van der Waals surface area contributed by atoms with Gasteiger partial charge in [-0.3, -0.25) is 4.90 Å². The van der Waals surface area contributed by atoms with Crippen molar-refractivity contribution >= 4 is 16.2 Å². The van der Waals surface area contributed by atoms with E-state index >= 15 is 0 Å². The van der Waals surface area contributed by atoms with Crippen molar-refractivity contribution in [3.8, 4) is 0 Å². The van der Waals surface area contributed by atoms with Crippen LogP contribution in [0.3, 0.4) is 0 Å². The smallest absolute Gasteiger partial charge is 0.465 e. The molecule has 2 atom stereocenters. The van der Waals surface area contributed by atoms with Gasteiger partial charge in [0.05, 0.1) is 11.6 Å². The molecule has 2 aliphatic carbocycles. The first-order valence-electron chi connectivity index (χ1n) is 8.94. The van der Waals surface area contributed by atoms with Crippen LogP contribution in [0.2, 0.25) is 0 Å². The second-order valence-electron chi connectivity index (χ2n) is 8.72. The van der Waals surface area contributed by atoms with Crippen molar-refractivity contribution < 1.29 is 35.7 Å². The first kappa shape index (κ1) is 20.3. The van der Waals surface area contributed by atoms with E-state index in [1.54, 1.807) is 0 Å². The van der Waals surface area contributed by atoms with Crippen molar-refractivity contribution in [1.29, 1.82) is 0 Å². The summed E-state index contributed by atoms with van der Waals surface area (Å²) in [5.41, 5.74) is -7.17. The summed E-state index contributed by atoms with van der Waals surface area (Å²) in [4.78, 5) is 13.6. The molecule has 0 saturated heterocycles. The number of carbonyl (C=O) groups is 1. The van der Waals surface area contributed by atoms with Gasteiger partial charge >= 0.3 is 21.7 Å². The molecule has 1 N–H and O–H groups in total. The maximum atomic E-state index is 12.8. The molecule has 3 rings (SSSR count). The summed E-state index contributed by atoms with van der Waals surface area (Å²) in [6, 6.07) is -0.686. The normalized spacial score (nSPS) is 30.1. The molecule has 0 spiro atoms. The average Bonchev–Trinajstić information content (AvgIpc) is 3.35. The lowest BCUT2D eigenvalue weighted by Gasteiger charge is -2.56. The molecular formula is C17H24F3NO5S. The molecule has 0 aromatic heterocycles. The minimum absolute atomic E-state index is 0.0333. The van der Waals surface area contributed by atoms with Crippen LogP contribution in [0.15, 0.2) is 11.8 Å². The number of hydrogen-bond acceptors (Lipinski definition) is 4. The minimum atomic E-state index is -5.80. The molecule has 27 heavy (non-hydrogen) atoms. The molecular weight excluding hydrogens is 387 g/mol. The summed E-state index contributed by atoms with van der Waals surface area (Å²) in [5.74, 6) is -0.381. The molecule has 2 unspecified atom stereocenters. The Hall–Kier alpha value is -1.45. The minimum Gasteiger partial charge on any atom is -0.465 e. The van der Waals surface area contributed by atoms with E-state index in [9.17, 15) is 31.5 Å². The third-order valence-corrected chi connectivity index (χ3v) is 6.89. The number of hydrogen-bond donors (Lipinski definition) is 1. The quantitative estimate of drug-likeness (QED) is 0.556. The van der Waals surface area contributed by atoms with Gasteiger partial charge in [0.2, 0.25) is 0 Å². The molecule has 1 amide bonds. The topological polar surface area (TPSA) is 83.9 Å². The number of alkyl halides is 3. The Morgan fingerprint density at radius 1 is 1.22 bits per heavy atom. The van der Waals surface area contributed by atoms with Crippen molar-refractivity contribution in [3.63, 3.8) is 0 Å². The SMILES string of the molecule is CC(C)(C)C1(C2CC2)CC(OS(=O)(=O)C(F)(F)F)=CC(C2CC2)N1C(=O)O. The second-order valence-corrected chi connectivity index (χ2v) is 10.3. The van der Waals surface area contributed by atoms with Gasteiger partial charge in [-0.1, -0.05) is 20.8 Å². The summed E-state index contributed by atoms with van der Waals surface area (Å²) < 4.78 is 66.1. The van der Waals surface area contributed by atoms with E-state index in [0.717, 1.165) is 25.7 Å². The van der Waals surface area contributed by atoms with Gasteiger partial charge in [-0.2, -0.15) is 21.6 Å². The fraction of sp³-hybridized carbons (Fsp3) is 0.824. The van der Waals surface area contributed by atoms with Crippen molar-refractivity contribution in [2.45, 2.75) is 70.0 Å². The molecule has 1 aliphatic heterocycles. The first-order chi connectivity index (χ1) is 12.2. The molecule has 3 aliphatic rings. The van der Waals surface area contributed by atoms with Gasteiger partial charge in [-0.15, -0.1) is 0 Å². The highest BCUT2D eigenvalue weighted by Crippen LogP contribution is 2.59. The van der Waals surface area contributed by atoms with Crippen molar-refractivity contribution in [3.05, 3.63) is 11.8 Å². The Morgan fingerprint density at radius 2 is 1.78 bits per heavy atom. The number of nitrogens with zero attached hydrogens (tertiary/aromatic N) is 1. The number of halogens is 3. The lowest BCUT2D eigenvalue weighted by atomic mass is 9.64. The zero-order valence-electron chi connectivity index (χ0n) is 15.4. The van der Waals surface area contributed by atoms with Crippen molar-refractivity contribution in [2.24, 2.45) is 17.3 Å². The highest BCUT2D eigenvalue weighted by Gasteiger charge is 2.63. The van der Waals surface area contributed by atoms with Crippen LogP contribution in [0.4, 0.5) is 18.0 Å². The maximum Gasteiger partial charge on any atom is 0.534 e. The zero-order chi connectivity index (χ0) is 20.4. The first-order valence-corrected chi connectivity index (χ1v) is 10.4. The molecule has 6 nitrogen and oxygen atoms in total. The summed E-state index contributed by atoms with van der Waals surface area (Å²) in [6.07, 6.45) is 2.93. The molecule has 0 radical (unpaired) electrons. The van der Waals surface area contributed by atoms with Gasteiger partial charge in [0.15, 0.2) is 0 Å². The van der Waals surface area contributed by atoms with E-state index < -0.39 is 38.7 Å². The summed E-state index contributed by atoms with van der Waals surface area (Å²) in [6.45, 7) is 5.52. The van der Waals surface area contributed by atoms with Gasteiger partial charge in [-0.25, -0.2) is 4.79 Å². The molecule has 154 valence electrons. The average molecular weight is 411 g/mol. The molecule has 0 aromatic carbocycles. The third kappa shape index (κ3) is 3.40. The predicted octanol–water partition coefficient (Wildman–Crippen LogP) is 4.09. The van der Waals surface area contributed by atoms with Gasteiger partial charge in [0.1, 0.15) is 5.76 Å². The van der Waals surface area contributed by atoms with Crippen LogP contribution < -0.4 is 0 Å². The van der Waals surface area contributed by atoms with Crippen LogP contribution in [0, 0.1) is 17.3 Å². The molecule has 10 heteroatoms. The Morgan fingerprint density at radius 3 is 2.15 bits per heavy atom. The summed E-state index contributed by atoms with van der Waals surface area (Å²) in [7, 11) is -5.80. The lowest BCUT2D eigenvalue weighted by Crippen LogP contribution is -2.66. The van der Waals surface area contributed by atoms with Crippen molar-refractivity contribution in [1.82, 2.24) is 4.90 Å². The van der Waals surface area contributed by atoms with Crippen LogP contribution in [0.5, 0.6) is 0 Å². The highest BCUT2D eigenvalue weighted by molar-refractivity contribution is 7.87. The van der Waals surface area contributed by atoms with E-state index in [1.165, 1.54) is 11.0 Å². The molecule has 1 heterocycles. The van der Waals surface area contributed by atoms with Crippen LogP contribution in [0.1, 0.15) is 52.9 Å². The lowest BCUT2D eigenvalue weighted by molar-refractivity contribution is -0.0604. The zero-order valence-corrected chi connectivity index (χ0v) is 16.2. The Labute approximate surface area is 156 Å². The Bertz CT molecular complexity index is 762. The second kappa shape index (κ2) is 6.02. The van der Waals surface area contributed by atoms with Gasteiger partial charge in [0.25, 0.3) is 0 Å². The summed E-state index contributed by atoms with van der Waals surface area (Å²) >= 11 is 0. The number of carboxylic acid groups (broad SMARTS) is 1. The van der Waals surface area contributed by atoms with Crippen LogP contribution in [0.25, 0.3) is 0 Å². The van der Waals surface area contributed by atoms with E-state index in [0.29, 0.717) is 0 Å². The highest BCUT2D eigenvalue weighted by atomic mass is 32.2. The van der Waals surface area contributed by atoms with E-state index in [2.05, 4.69) is 4.18 Å². The Balaban J connectivity index is 2.09. The Kier molecular flexibility index (Phi) is 4.53. The van der Waals surface area contributed by atoms with Crippen LogP contribution in [-0.4, -0.2) is 41.6 Å². The van der Waals surface area contributed by atoms with Crippen LogP contribution >= 0.6 is 0 Å². The number of amides is 1. The molecule has 0 bridgehead atoms. The van der Waals surface area contributed by atoms with Crippen LogP contribution in [-0.2, 0) is 14.3 Å². The standard InChI is InChI=1S/C17H24F3NO5S/c1-15(2,3)16(11-6-7-11)9-12(26-27(24,25)17(18,19)20)8-13(10-4-5-10)21(16)14(22)23/h8,10-11,13H,4-7,9H2,1-3H3,(H,22,23). The van der Waals surface area contributed by atoms with Gasteiger partial charge in [-0.05, 0) is 49.0 Å². The van der Waals surface area contributed by atoms with E-state index in [4.69, 9.17) is 0 Å². The summed E-state index contributed by atoms with van der Waals surface area (Å²) in [5, 5.41) is 9.97. The maximum absolute atomic E-state index is 12.8. The largest absolute Gasteiger partial charge is 0.534 e. The number of rotatable bonds is 4. The molecule has 2 saturated carbocycles. The molecule has 0 aromatic rings. The predicted molar refractivity (Wildman–Crippen MR) is 90.0 cm³/mol. The van der Waals surface area contributed by atoms with Crippen molar-refractivity contribution in [2.75, 3.05) is 0 Å².